The van der Waals surface area contributed by atoms with E-state index >= 15 is 0 Å². The number of nitrogens with zero attached hydrogens (tertiary/aromatic N) is 3. The van der Waals surface area contributed by atoms with Crippen LogP contribution < -0.4 is 5.32 Å². The third-order valence-corrected chi connectivity index (χ3v) is 4.22. The molecule has 1 aliphatic heterocycles. The lowest BCUT2D eigenvalue weighted by Gasteiger charge is -2.26. The molecule has 1 aliphatic rings. The van der Waals surface area contributed by atoms with E-state index in [9.17, 15) is 4.79 Å². The van der Waals surface area contributed by atoms with E-state index in [4.69, 9.17) is 4.98 Å². The van der Waals surface area contributed by atoms with Gasteiger partial charge in [0.2, 0.25) is 0 Å². The molecule has 0 saturated carbocycles. The number of imidazole rings is 1. The third-order valence-electron chi connectivity index (χ3n) is 4.22. The number of amides is 2. The number of aromatic nitrogens is 2. The quantitative estimate of drug-likeness (QED) is 0.945. The molecule has 1 aromatic heterocycles. The van der Waals surface area contributed by atoms with Crippen molar-refractivity contribution < 1.29 is 4.79 Å². The molecule has 5 heteroatoms. The highest BCUT2D eigenvalue weighted by atomic mass is 16.2. The fourth-order valence-electron chi connectivity index (χ4n) is 3.29. The molecule has 3 rings (SSSR count). The minimum absolute atomic E-state index is 0.0206. The number of likely N-dealkylation sites (tertiary alicyclic amines) is 1. The zero-order valence-corrected chi connectivity index (χ0v) is 13.5. The number of rotatable bonds is 3. The van der Waals surface area contributed by atoms with Crippen molar-refractivity contribution in [1.29, 1.82) is 0 Å². The number of carbonyl (C=O) groups is 1. The molecular weight excluding hydrogens is 276 g/mol. The van der Waals surface area contributed by atoms with Crippen molar-refractivity contribution in [3.05, 3.63) is 30.1 Å². The summed E-state index contributed by atoms with van der Waals surface area (Å²) < 4.78 is 2.24. The molecule has 2 heterocycles. The molecule has 1 atom stereocenters. The molecule has 2 amide bonds. The molecule has 22 heavy (non-hydrogen) atoms. The van der Waals surface area contributed by atoms with Crippen LogP contribution in [-0.4, -0.2) is 33.1 Å². The van der Waals surface area contributed by atoms with E-state index in [2.05, 4.69) is 22.9 Å². The van der Waals surface area contributed by atoms with Crippen LogP contribution in [-0.2, 0) is 6.54 Å². The Labute approximate surface area is 131 Å². The second-order valence-corrected chi connectivity index (χ2v) is 6.16. The van der Waals surface area contributed by atoms with Gasteiger partial charge < -0.3 is 14.8 Å². The molecular formula is C17H24N4O. The first-order valence-corrected chi connectivity index (χ1v) is 8.14. The maximum Gasteiger partial charge on any atom is 0.318 e. The van der Waals surface area contributed by atoms with Crippen molar-refractivity contribution in [2.45, 2.75) is 52.2 Å². The number of hydrogen-bond acceptors (Lipinski definition) is 2. The topological polar surface area (TPSA) is 50.2 Å². The summed E-state index contributed by atoms with van der Waals surface area (Å²) in [5.41, 5.74) is 2.16. The van der Waals surface area contributed by atoms with Gasteiger partial charge in [-0.2, -0.15) is 0 Å². The zero-order valence-electron chi connectivity index (χ0n) is 13.5. The van der Waals surface area contributed by atoms with Crippen LogP contribution in [0, 0.1) is 0 Å². The van der Waals surface area contributed by atoms with Crippen LogP contribution in [0.3, 0.4) is 0 Å². The van der Waals surface area contributed by atoms with Crippen molar-refractivity contribution in [2.75, 3.05) is 6.54 Å². The fourth-order valence-corrected chi connectivity index (χ4v) is 3.29. The molecule has 0 bridgehead atoms. The van der Waals surface area contributed by atoms with Gasteiger partial charge in [0, 0.05) is 19.1 Å². The number of benzene rings is 1. The number of para-hydroxylation sites is 2. The standard InChI is InChI=1S/C17H24N4O/c1-4-20-14-9-6-5-8-13(14)19-16(20)15-10-7-11-21(15)17(22)18-12(2)3/h5-6,8-9,12,15H,4,7,10-11H2,1-3H3,(H,18,22). The van der Waals surface area contributed by atoms with E-state index < -0.39 is 0 Å². The molecule has 1 saturated heterocycles. The molecule has 1 N–H and O–H groups in total. The van der Waals surface area contributed by atoms with Crippen molar-refractivity contribution >= 4 is 17.1 Å². The van der Waals surface area contributed by atoms with Crippen molar-refractivity contribution in [3.63, 3.8) is 0 Å². The summed E-state index contributed by atoms with van der Waals surface area (Å²) in [5.74, 6) is 1.01. The number of fused-ring (bicyclic) bond motifs is 1. The Morgan fingerprint density at radius 2 is 2.18 bits per heavy atom. The van der Waals surface area contributed by atoms with E-state index in [1.54, 1.807) is 0 Å². The van der Waals surface area contributed by atoms with Gasteiger partial charge in [0.15, 0.2) is 0 Å². The first-order valence-electron chi connectivity index (χ1n) is 8.14. The zero-order chi connectivity index (χ0) is 15.7. The SMILES string of the molecule is CCn1c(C2CCCN2C(=O)NC(C)C)nc2ccccc21. The number of urea groups is 1. The van der Waals surface area contributed by atoms with Crippen LogP contribution in [0.5, 0.6) is 0 Å². The van der Waals surface area contributed by atoms with Gasteiger partial charge in [-0.05, 0) is 45.7 Å². The second-order valence-electron chi connectivity index (χ2n) is 6.16. The number of hydrogen-bond donors (Lipinski definition) is 1. The largest absolute Gasteiger partial charge is 0.336 e. The predicted molar refractivity (Wildman–Crippen MR) is 87.8 cm³/mol. The monoisotopic (exact) mass is 300 g/mol. The molecule has 118 valence electrons. The van der Waals surface area contributed by atoms with Gasteiger partial charge in [-0.15, -0.1) is 0 Å². The highest BCUT2D eigenvalue weighted by Crippen LogP contribution is 2.33. The van der Waals surface area contributed by atoms with Gasteiger partial charge in [-0.25, -0.2) is 9.78 Å². The lowest BCUT2D eigenvalue weighted by molar-refractivity contribution is 0.187. The summed E-state index contributed by atoms with van der Waals surface area (Å²) in [6, 6.07) is 8.44. The molecule has 1 aromatic carbocycles. The van der Waals surface area contributed by atoms with Gasteiger partial charge in [-0.1, -0.05) is 12.1 Å². The highest BCUT2D eigenvalue weighted by Gasteiger charge is 2.33. The fraction of sp³-hybridized carbons (Fsp3) is 0.529. The molecule has 2 aromatic rings. The van der Waals surface area contributed by atoms with Crippen LogP contribution in [0.2, 0.25) is 0 Å². The van der Waals surface area contributed by atoms with E-state index in [-0.39, 0.29) is 18.1 Å². The first kappa shape index (κ1) is 14.9. The molecule has 5 nitrogen and oxygen atoms in total. The second kappa shape index (κ2) is 5.99. The predicted octanol–water partition coefficient (Wildman–Crippen LogP) is 3.31. The van der Waals surface area contributed by atoms with E-state index in [1.807, 2.05) is 36.9 Å². The normalized spacial score (nSPS) is 18.4. The summed E-state index contributed by atoms with van der Waals surface area (Å²) in [6.07, 6.45) is 2.01. The Kier molecular flexibility index (Phi) is 4.05. The van der Waals surface area contributed by atoms with E-state index in [1.165, 1.54) is 0 Å². The summed E-state index contributed by atoms with van der Waals surface area (Å²) in [6.45, 7) is 7.78. The Morgan fingerprint density at radius 1 is 1.41 bits per heavy atom. The Hall–Kier alpha value is -2.04. The van der Waals surface area contributed by atoms with Crippen LogP contribution >= 0.6 is 0 Å². The maximum absolute atomic E-state index is 12.4. The smallest absolute Gasteiger partial charge is 0.318 e. The van der Waals surface area contributed by atoms with Crippen molar-refractivity contribution in [3.8, 4) is 0 Å². The number of nitrogens with one attached hydrogen (secondary N) is 1. The van der Waals surface area contributed by atoms with Crippen LogP contribution in [0.1, 0.15) is 45.5 Å². The van der Waals surface area contributed by atoms with Gasteiger partial charge in [-0.3, -0.25) is 0 Å². The van der Waals surface area contributed by atoms with Crippen LogP contribution in [0.4, 0.5) is 4.79 Å². The highest BCUT2D eigenvalue weighted by molar-refractivity contribution is 5.77. The van der Waals surface area contributed by atoms with Gasteiger partial charge in [0.25, 0.3) is 0 Å². The molecule has 0 spiro atoms. The minimum atomic E-state index is 0.0206. The Bertz CT molecular complexity index is 676. The number of carbonyl (C=O) groups excluding carboxylic acids is 1. The first-order chi connectivity index (χ1) is 10.6. The van der Waals surface area contributed by atoms with Gasteiger partial charge >= 0.3 is 6.03 Å². The number of aryl methyl sites for hydroxylation is 1. The van der Waals surface area contributed by atoms with Gasteiger partial charge in [0.1, 0.15) is 5.82 Å². The lowest BCUT2D eigenvalue weighted by Crippen LogP contribution is -2.43. The van der Waals surface area contributed by atoms with Crippen LogP contribution in [0.15, 0.2) is 24.3 Å². The maximum atomic E-state index is 12.4. The lowest BCUT2D eigenvalue weighted by atomic mass is 10.2. The summed E-state index contributed by atoms with van der Waals surface area (Å²) >= 11 is 0. The van der Waals surface area contributed by atoms with Crippen molar-refractivity contribution in [2.24, 2.45) is 0 Å². The molecule has 0 radical (unpaired) electrons. The molecule has 1 fully saturated rings. The Balaban J connectivity index is 1.97. The molecule has 1 unspecified atom stereocenters. The van der Waals surface area contributed by atoms with Crippen molar-refractivity contribution in [1.82, 2.24) is 19.8 Å². The summed E-state index contributed by atoms with van der Waals surface area (Å²) in [7, 11) is 0. The third kappa shape index (κ3) is 2.56. The summed E-state index contributed by atoms with van der Waals surface area (Å²) in [4.78, 5) is 19.2. The Morgan fingerprint density at radius 3 is 2.91 bits per heavy atom. The minimum Gasteiger partial charge on any atom is -0.336 e. The van der Waals surface area contributed by atoms with Crippen LogP contribution in [0.25, 0.3) is 11.0 Å². The van der Waals surface area contributed by atoms with E-state index in [0.29, 0.717) is 0 Å². The van der Waals surface area contributed by atoms with E-state index in [0.717, 1.165) is 42.8 Å². The average molecular weight is 300 g/mol. The summed E-state index contributed by atoms with van der Waals surface area (Å²) in [5, 5.41) is 3.01. The average Bonchev–Trinajstić information content (AvgIpc) is 3.10. The van der Waals surface area contributed by atoms with Gasteiger partial charge in [0.05, 0.1) is 17.1 Å². The molecule has 0 aliphatic carbocycles.